The van der Waals surface area contributed by atoms with Gasteiger partial charge in [-0.25, -0.2) is 5.43 Å². The lowest BCUT2D eigenvalue weighted by Crippen LogP contribution is -2.34. The molecule has 2 aliphatic heterocycles. The monoisotopic (exact) mass is 160 g/mol. The number of hydrogen-bond acceptors (Lipinski definition) is 5. The van der Waals surface area contributed by atoms with Crippen LogP contribution in [0.1, 0.15) is 6.42 Å². The molecule has 5 heteroatoms. The van der Waals surface area contributed by atoms with Crippen molar-refractivity contribution in [1.82, 2.24) is 10.9 Å². The van der Waals surface area contributed by atoms with Crippen molar-refractivity contribution >= 4 is 0 Å². The van der Waals surface area contributed by atoms with Gasteiger partial charge in [-0.15, -0.1) is 0 Å². The maximum absolute atomic E-state index is 5.34. The minimum atomic E-state index is -0.767. The molecule has 2 N–H and O–H groups in total. The summed E-state index contributed by atoms with van der Waals surface area (Å²) in [5.74, 6) is -0.767. The molecule has 1 spiro atoms. The minimum absolute atomic E-state index is 0.417. The van der Waals surface area contributed by atoms with Crippen LogP contribution in [0.2, 0.25) is 0 Å². The van der Waals surface area contributed by atoms with Gasteiger partial charge in [-0.2, -0.15) is 0 Å². The molecule has 0 atom stereocenters. The SMILES string of the molecule is C1CC2(OCCO2)OCNN1. The average molecular weight is 160 g/mol. The van der Waals surface area contributed by atoms with Crippen molar-refractivity contribution in [3.63, 3.8) is 0 Å². The molecular weight excluding hydrogens is 148 g/mol. The lowest BCUT2D eigenvalue weighted by Gasteiger charge is -2.23. The van der Waals surface area contributed by atoms with Crippen LogP contribution >= 0.6 is 0 Å². The predicted octanol–water partition coefficient (Wildman–Crippen LogP) is -0.841. The Hall–Kier alpha value is -0.200. The summed E-state index contributed by atoms with van der Waals surface area (Å²) in [6.07, 6.45) is 0.722. The Balaban J connectivity index is 1.97. The van der Waals surface area contributed by atoms with Crippen LogP contribution in [0.25, 0.3) is 0 Å². The zero-order chi connectivity index (χ0) is 7.57. The van der Waals surface area contributed by atoms with Gasteiger partial charge in [0.2, 0.25) is 0 Å². The van der Waals surface area contributed by atoms with Crippen LogP contribution < -0.4 is 10.9 Å². The van der Waals surface area contributed by atoms with Gasteiger partial charge < -0.3 is 14.2 Å². The highest BCUT2D eigenvalue weighted by atomic mass is 16.9. The van der Waals surface area contributed by atoms with E-state index in [9.17, 15) is 0 Å². The number of hydrogen-bond donors (Lipinski definition) is 2. The maximum atomic E-state index is 5.34. The maximum Gasteiger partial charge on any atom is 0.285 e. The molecule has 2 rings (SSSR count). The Labute approximate surface area is 65.0 Å². The zero-order valence-corrected chi connectivity index (χ0v) is 6.26. The van der Waals surface area contributed by atoms with Gasteiger partial charge in [-0.05, 0) is 0 Å². The second-order valence-electron chi connectivity index (χ2n) is 2.52. The number of nitrogens with one attached hydrogen (secondary N) is 2. The molecule has 5 nitrogen and oxygen atoms in total. The van der Waals surface area contributed by atoms with Crippen LogP contribution in [0.5, 0.6) is 0 Å². The van der Waals surface area contributed by atoms with E-state index in [1.54, 1.807) is 0 Å². The lowest BCUT2D eigenvalue weighted by molar-refractivity contribution is -0.330. The van der Waals surface area contributed by atoms with E-state index >= 15 is 0 Å². The van der Waals surface area contributed by atoms with E-state index in [1.165, 1.54) is 0 Å². The predicted molar refractivity (Wildman–Crippen MR) is 36.3 cm³/mol. The lowest BCUT2D eigenvalue weighted by atomic mass is 10.4. The van der Waals surface area contributed by atoms with Crippen molar-refractivity contribution in [1.29, 1.82) is 0 Å². The largest absolute Gasteiger partial charge is 0.325 e. The highest BCUT2D eigenvalue weighted by molar-refractivity contribution is 4.66. The fourth-order valence-electron chi connectivity index (χ4n) is 1.24. The third-order valence-electron chi connectivity index (χ3n) is 1.77. The summed E-state index contributed by atoms with van der Waals surface area (Å²) in [7, 11) is 0. The molecule has 0 aliphatic carbocycles. The van der Waals surface area contributed by atoms with Crippen molar-refractivity contribution in [2.75, 3.05) is 26.5 Å². The molecule has 64 valence electrons. The molecule has 0 aromatic carbocycles. The van der Waals surface area contributed by atoms with Gasteiger partial charge in [0.25, 0.3) is 5.97 Å². The average Bonchev–Trinajstić information content (AvgIpc) is 2.32. The fraction of sp³-hybridized carbons (Fsp3) is 1.00. The van der Waals surface area contributed by atoms with Gasteiger partial charge in [-0.3, -0.25) is 5.43 Å². The Morgan fingerprint density at radius 1 is 1.00 bits per heavy atom. The Bertz CT molecular complexity index is 126. The molecule has 2 aliphatic rings. The van der Waals surface area contributed by atoms with Crippen molar-refractivity contribution in [2.45, 2.75) is 12.4 Å². The van der Waals surface area contributed by atoms with E-state index in [1.807, 2.05) is 0 Å². The van der Waals surface area contributed by atoms with E-state index < -0.39 is 5.97 Å². The van der Waals surface area contributed by atoms with E-state index in [0.717, 1.165) is 13.0 Å². The van der Waals surface area contributed by atoms with Gasteiger partial charge in [0.15, 0.2) is 0 Å². The molecule has 0 unspecified atom stereocenters. The first-order valence-corrected chi connectivity index (χ1v) is 3.79. The Kier molecular flexibility index (Phi) is 2.06. The first kappa shape index (κ1) is 7.45. The molecule has 0 bridgehead atoms. The second kappa shape index (κ2) is 3.04. The standard InChI is InChI=1S/C6H12N2O3/c1-2-7-8-5-11-6(1)9-3-4-10-6/h7-8H,1-5H2. The molecule has 0 saturated carbocycles. The number of hydrazine groups is 1. The van der Waals surface area contributed by atoms with Crippen molar-refractivity contribution in [2.24, 2.45) is 0 Å². The second-order valence-corrected chi connectivity index (χ2v) is 2.52. The van der Waals surface area contributed by atoms with Crippen molar-refractivity contribution in [3.8, 4) is 0 Å². The molecule has 0 radical (unpaired) electrons. The summed E-state index contributed by atoms with van der Waals surface area (Å²) in [4.78, 5) is 0. The molecular formula is C6H12N2O3. The summed E-state index contributed by atoms with van der Waals surface area (Å²) in [5.41, 5.74) is 5.83. The minimum Gasteiger partial charge on any atom is -0.325 e. The molecule has 0 aromatic rings. The van der Waals surface area contributed by atoms with Crippen LogP contribution in [0, 0.1) is 0 Å². The third kappa shape index (κ3) is 1.52. The first-order valence-electron chi connectivity index (χ1n) is 3.79. The van der Waals surface area contributed by atoms with Gasteiger partial charge in [0, 0.05) is 13.0 Å². The van der Waals surface area contributed by atoms with Crippen molar-refractivity contribution < 1.29 is 14.2 Å². The highest BCUT2D eigenvalue weighted by Crippen LogP contribution is 2.24. The van der Waals surface area contributed by atoms with Gasteiger partial charge >= 0.3 is 0 Å². The molecule has 0 amide bonds. The summed E-state index contributed by atoms with van der Waals surface area (Å²) in [6.45, 7) is 2.46. The molecule has 11 heavy (non-hydrogen) atoms. The highest BCUT2D eigenvalue weighted by Gasteiger charge is 2.38. The van der Waals surface area contributed by atoms with Gasteiger partial charge in [0.05, 0.1) is 13.2 Å². The summed E-state index contributed by atoms with van der Waals surface area (Å²) < 4.78 is 16.0. The molecule has 0 aromatic heterocycles. The van der Waals surface area contributed by atoms with Crippen LogP contribution in [0.3, 0.4) is 0 Å². The smallest absolute Gasteiger partial charge is 0.285 e. The summed E-state index contributed by atoms with van der Waals surface area (Å²) in [6, 6.07) is 0. The quantitative estimate of drug-likeness (QED) is 0.484. The van der Waals surface area contributed by atoms with Crippen molar-refractivity contribution in [3.05, 3.63) is 0 Å². The fourth-order valence-corrected chi connectivity index (χ4v) is 1.24. The Morgan fingerprint density at radius 2 is 1.82 bits per heavy atom. The van der Waals surface area contributed by atoms with E-state index in [2.05, 4.69) is 10.9 Å². The Morgan fingerprint density at radius 3 is 2.64 bits per heavy atom. The molecule has 2 heterocycles. The van der Waals surface area contributed by atoms with Gasteiger partial charge in [-0.1, -0.05) is 0 Å². The van der Waals surface area contributed by atoms with Gasteiger partial charge in [0.1, 0.15) is 6.73 Å². The normalized spacial score (nSPS) is 30.5. The number of ether oxygens (including phenoxy) is 3. The van der Waals surface area contributed by atoms with Crippen LogP contribution in [-0.4, -0.2) is 32.5 Å². The molecule has 2 saturated heterocycles. The summed E-state index contributed by atoms with van der Waals surface area (Å²) >= 11 is 0. The number of rotatable bonds is 0. The zero-order valence-electron chi connectivity index (χ0n) is 6.26. The molecule has 2 fully saturated rings. The van der Waals surface area contributed by atoms with E-state index in [4.69, 9.17) is 14.2 Å². The first-order chi connectivity index (χ1) is 5.41. The van der Waals surface area contributed by atoms with E-state index in [-0.39, 0.29) is 0 Å². The van der Waals surface area contributed by atoms with E-state index in [0.29, 0.717) is 19.9 Å². The van der Waals surface area contributed by atoms with Crippen LogP contribution in [0.4, 0.5) is 0 Å². The third-order valence-corrected chi connectivity index (χ3v) is 1.77. The summed E-state index contributed by atoms with van der Waals surface area (Å²) in [5, 5.41) is 0. The topological polar surface area (TPSA) is 51.8 Å². The van der Waals surface area contributed by atoms with Crippen LogP contribution in [-0.2, 0) is 14.2 Å². The van der Waals surface area contributed by atoms with Crippen LogP contribution in [0.15, 0.2) is 0 Å².